The van der Waals surface area contributed by atoms with Gasteiger partial charge < -0.3 is 25.2 Å². The van der Waals surface area contributed by atoms with E-state index in [-0.39, 0.29) is 26.2 Å². The van der Waals surface area contributed by atoms with Gasteiger partial charge in [-0.25, -0.2) is 9.59 Å². The predicted molar refractivity (Wildman–Crippen MR) is 83.0 cm³/mol. The van der Waals surface area contributed by atoms with Gasteiger partial charge in [0, 0.05) is 19.7 Å². The third-order valence-electron chi connectivity index (χ3n) is 4.02. The minimum atomic E-state index is -1.02. The van der Waals surface area contributed by atoms with Crippen molar-refractivity contribution >= 4 is 12.2 Å². The fourth-order valence-corrected chi connectivity index (χ4v) is 2.85. The number of ether oxygens (including phenoxy) is 1. The minimum absolute atomic E-state index is 0.133. The number of hydrogen-bond acceptors (Lipinski definition) is 4. The van der Waals surface area contributed by atoms with Crippen molar-refractivity contribution in [3.8, 4) is 0 Å². The lowest BCUT2D eigenvalue weighted by molar-refractivity contribution is 0.0716. The second-order valence-corrected chi connectivity index (χ2v) is 5.75. The zero-order chi connectivity index (χ0) is 16.7. The summed E-state index contributed by atoms with van der Waals surface area (Å²) < 4.78 is 5.20. The van der Waals surface area contributed by atoms with Crippen molar-refractivity contribution in [1.82, 2.24) is 10.2 Å². The van der Waals surface area contributed by atoms with Crippen LogP contribution in [-0.2, 0) is 11.3 Å². The van der Waals surface area contributed by atoms with E-state index in [2.05, 4.69) is 5.32 Å². The topological polar surface area (TPSA) is 99.1 Å². The number of aliphatic hydroxyl groups is 1. The van der Waals surface area contributed by atoms with Gasteiger partial charge >= 0.3 is 12.2 Å². The van der Waals surface area contributed by atoms with E-state index < -0.39 is 17.7 Å². The van der Waals surface area contributed by atoms with Crippen LogP contribution in [0.4, 0.5) is 9.59 Å². The quantitative estimate of drug-likeness (QED) is 0.768. The lowest BCUT2D eigenvalue weighted by atomic mass is 9.86. The molecule has 1 saturated heterocycles. The predicted octanol–water partition coefficient (Wildman–Crippen LogP) is 1.81. The summed E-state index contributed by atoms with van der Waals surface area (Å²) in [5.41, 5.74) is 0.0915. The molecule has 7 heteroatoms. The van der Waals surface area contributed by atoms with Gasteiger partial charge in [0.2, 0.25) is 0 Å². The van der Waals surface area contributed by atoms with E-state index in [1.54, 1.807) is 0 Å². The highest BCUT2D eigenvalue weighted by Gasteiger charge is 2.38. The molecule has 0 spiro atoms. The number of carbonyl (C=O) groups excluding carboxylic acids is 1. The Hall–Kier alpha value is -2.28. The Morgan fingerprint density at radius 2 is 2.04 bits per heavy atom. The Morgan fingerprint density at radius 3 is 2.70 bits per heavy atom. The summed E-state index contributed by atoms with van der Waals surface area (Å²) in [4.78, 5) is 24.5. The number of nitrogens with one attached hydrogen (secondary N) is 1. The lowest BCUT2D eigenvalue weighted by Gasteiger charge is -2.41. The minimum Gasteiger partial charge on any atom is -0.465 e. The van der Waals surface area contributed by atoms with E-state index in [1.165, 1.54) is 4.90 Å². The molecule has 3 N–H and O–H groups in total. The number of benzene rings is 1. The average molecular weight is 322 g/mol. The van der Waals surface area contributed by atoms with Gasteiger partial charge in [-0.15, -0.1) is 0 Å². The number of nitrogens with zero attached hydrogens (tertiary/aromatic N) is 1. The van der Waals surface area contributed by atoms with Crippen molar-refractivity contribution in [1.29, 1.82) is 0 Å². The fraction of sp³-hybridized carbons (Fsp3) is 0.500. The molecule has 0 bridgehead atoms. The van der Waals surface area contributed by atoms with Crippen LogP contribution in [0.2, 0.25) is 0 Å². The number of carboxylic acid groups (broad SMARTS) is 1. The Bertz CT molecular complexity index is 533. The maximum atomic E-state index is 12.1. The van der Waals surface area contributed by atoms with Crippen LogP contribution in [0.15, 0.2) is 30.3 Å². The monoisotopic (exact) mass is 322 g/mol. The van der Waals surface area contributed by atoms with E-state index in [4.69, 9.17) is 9.84 Å². The Kier molecular flexibility index (Phi) is 5.81. The Morgan fingerprint density at radius 1 is 1.30 bits per heavy atom. The molecule has 1 aliphatic rings. The molecule has 1 aliphatic heterocycles. The molecule has 1 heterocycles. The van der Waals surface area contributed by atoms with Crippen molar-refractivity contribution in [2.45, 2.75) is 31.4 Å². The fourth-order valence-electron chi connectivity index (χ4n) is 2.85. The second-order valence-electron chi connectivity index (χ2n) is 5.75. The molecule has 0 saturated carbocycles. The van der Waals surface area contributed by atoms with Crippen molar-refractivity contribution < 1.29 is 24.5 Å². The van der Waals surface area contributed by atoms with Crippen LogP contribution in [0.5, 0.6) is 0 Å². The standard InChI is InChI=1S/C16H22N2O5/c19-10-8-16(7-4-9-18(12-16)15(21)22)17-14(20)23-11-13-5-2-1-3-6-13/h1-3,5-6,19H,4,7-12H2,(H,17,20)(H,21,22). The molecule has 1 atom stereocenters. The Balaban J connectivity index is 1.95. The molecule has 1 unspecified atom stereocenters. The zero-order valence-electron chi connectivity index (χ0n) is 12.9. The van der Waals surface area contributed by atoms with E-state index in [0.717, 1.165) is 5.56 Å². The molecule has 0 aromatic heterocycles. The van der Waals surface area contributed by atoms with Crippen molar-refractivity contribution in [2.75, 3.05) is 19.7 Å². The van der Waals surface area contributed by atoms with E-state index in [1.807, 2.05) is 30.3 Å². The molecule has 1 aromatic rings. The summed E-state index contributed by atoms with van der Waals surface area (Å²) in [5, 5.41) is 21.2. The highest BCUT2D eigenvalue weighted by atomic mass is 16.5. The highest BCUT2D eigenvalue weighted by Crippen LogP contribution is 2.25. The molecule has 0 radical (unpaired) electrons. The summed E-state index contributed by atoms with van der Waals surface area (Å²) in [6, 6.07) is 9.29. The molecule has 1 fully saturated rings. The van der Waals surface area contributed by atoms with Crippen LogP contribution in [0, 0.1) is 0 Å². The van der Waals surface area contributed by atoms with Crippen molar-refractivity contribution in [2.24, 2.45) is 0 Å². The third-order valence-corrected chi connectivity index (χ3v) is 4.02. The second kappa shape index (κ2) is 7.82. The zero-order valence-corrected chi connectivity index (χ0v) is 12.9. The van der Waals surface area contributed by atoms with Crippen LogP contribution < -0.4 is 5.32 Å². The third kappa shape index (κ3) is 4.85. The van der Waals surface area contributed by atoms with Gasteiger partial charge in [0.25, 0.3) is 0 Å². The average Bonchev–Trinajstić information content (AvgIpc) is 2.54. The first-order chi connectivity index (χ1) is 11.0. The maximum Gasteiger partial charge on any atom is 0.407 e. The number of hydrogen-bond donors (Lipinski definition) is 3. The molecule has 1 aromatic carbocycles. The van der Waals surface area contributed by atoms with E-state index in [0.29, 0.717) is 19.4 Å². The van der Waals surface area contributed by atoms with Crippen LogP contribution in [0.3, 0.4) is 0 Å². The molecule has 2 amide bonds. The van der Waals surface area contributed by atoms with Crippen LogP contribution in [0.25, 0.3) is 0 Å². The van der Waals surface area contributed by atoms with Gasteiger partial charge in [0.05, 0.1) is 5.54 Å². The summed E-state index contributed by atoms with van der Waals surface area (Å²) in [6.45, 7) is 0.601. The van der Waals surface area contributed by atoms with Gasteiger partial charge in [0.1, 0.15) is 6.61 Å². The molecular formula is C16H22N2O5. The first-order valence-electron chi connectivity index (χ1n) is 7.62. The first-order valence-corrected chi connectivity index (χ1v) is 7.62. The smallest absolute Gasteiger partial charge is 0.407 e. The number of likely N-dealkylation sites (tertiary alicyclic amines) is 1. The Labute approximate surface area is 134 Å². The molecule has 126 valence electrons. The summed E-state index contributed by atoms with van der Waals surface area (Å²) in [5.74, 6) is 0. The number of piperidine rings is 1. The number of amides is 2. The van der Waals surface area contributed by atoms with Crippen LogP contribution >= 0.6 is 0 Å². The maximum absolute atomic E-state index is 12.1. The van der Waals surface area contributed by atoms with Crippen molar-refractivity contribution in [3.63, 3.8) is 0 Å². The van der Waals surface area contributed by atoms with Crippen molar-refractivity contribution in [3.05, 3.63) is 35.9 Å². The summed E-state index contributed by atoms with van der Waals surface area (Å²) >= 11 is 0. The van der Waals surface area contributed by atoms with Gasteiger partial charge in [0.15, 0.2) is 0 Å². The number of rotatable bonds is 5. The van der Waals surface area contributed by atoms with Gasteiger partial charge in [-0.05, 0) is 24.8 Å². The summed E-state index contributed by atoms with van der Waals surface area (Å²) in [7, 11) is 0. The lowest BCUT2D eigenvalue weighted by Crippen LogP contribution is -2.60. The normalized spacial score (nSPS) is 20.8. The van der Waals surface area contributed by atoms with Gasteiger partial charge in [-0.2, -0.15) is 0 Å². The van der Waals surface area contributed by atoms with E-state index >= 15 is 0 Å². The van der Waals surface area contributed by atoms with Gasteiger partial charge in [-0.3, -0.25) is 0 Å². The van der Waals surface area contributed by atoms with Gasteiger partial charge in [-0.1, -0.05) is 30.3 Å². The highest BCUT2D eigenvalue weighted by molar-refractivity contribution is 5.69. The molecule has 23 heavy (non-hydrogen) atoms. The van der Waals surface area contributed by atoms with Crippen LogP contribution in [0.1, 0.15) is 24.8 Å². The SMILES string of the molecule is O=C(NC1(CCO)CCCN(C(=O)O)C1)OCc1ccccc1. The number of carbonyl (C=O) groups is 2. The molecule has 2 rings (SSSR count). The molecule has 7 nitrogen and oxygen atoms in total. The first kappa shape index (κ1) is 17.1. The number of aliphatic hydroxyl groups excluding tert-OH is 1. The largest absolute Gasteiger partial charge is 0.465 e. The molecule has 0 aliphatic carbocycles. The van der Waals surface area contributed by atoms with E-state index in [9.17, 15) is 14.7 Å². The molecular weight excluding hydrogens is 300 g/mol. The summed E-state index contributed by atoms with van der Waals surface area (Å²) in [6.07, 6.45) is -0.0960. The van der Waals surface area contributed by atoms with Crippen LogP contribution in [-0.4, -0.2) is 52.5 Å². The number of alkyl carbamates (subject to hydrolysis) is 1.